The van der Waals surface area contributed by atoms with Crippen molar-refractivity contribution in [2.45, 2.75) is 6.18 Å². The second-order valence-electron chi connectivity index (χ2n) is 4.94. The Kier molecular flexibility index (Phi) is 4.29. The van der Waals surface area contributed by atoms with Gasteiger partial charge in [-0.05, 0) is 30.3 Å². The quantitative estimate of drug-likeness (QED) is 0.601. The summed E-state index contributed by atoms with van der Waals surface area (Å²) >= 11 is 6.43. The third-order valence-electron chi connectivity index (χ3n) is 3.20. The molecule has 1 heterocycles. The van der Waals surface area contributed by atoms with Crippen LogP contribution >= 0.6 is 22.9 Å². The Morgan fingerprint density at radius 3 is 2.64 bits per heavy atom. The van der Waals surface area contributed by atoms with Crippen LogP contribution in [-0.2, 0) is 6.18 Å². The fourth-order valence-corrected chi connectivity index (χ4v) is 3.15. The number of anilines is 1. The molecule has 0 spiro atoms. The summed E-state index contributed by atoms with van der Waals surface area (Å²) in [5.74, 6) is -2.27. The number of aromatic hydroxyl groups is 1. The van der Waals surface area contributed by atoms with Crippen molar-refractivity contribution in [1.82, 2.24) is 4.98 Å². The highest BCUT2D eigenvalue weighted by Gasteiger charge is 2.32. The molecule has 3 rings (SSSR count). The van der Waals surface area contributed by atoms with E-state index in [0.29, 0.717) is 17.4 Å². The van der Waals surface area contributed by atoms with Crippen molar-refractivity contribution in [3.63, 3.8) is 0 Å². The lowest BCUT2D eigenvalue weighted by Crippen LogP contribution is -2.11. The van der Waals surface area contributed by atoms with Crippen molar-refractivity contribution in [2.24, 2.45) is 0 Å². The second kappa shape index (κ2) is 6.16. The smallest absolute Gasteiger partial charge is 0.416 e. The molecule has 4 nitrogen and oxygen atoms in total. The number of hydrogen-bond donors (Lipinski definition) is 2. The number of thiazole rings is 1. The Morgan fingerprint density at radius 2 is 1.96 bits per heavy atom. The Morgan fingerprint density at radius 1 is 1.24 bits per heavy atom. The first-order chi connectivity index (χ1) is 11.6. The first kappa shape index (κ1) is 17.4. The molecule has 0 saturated heterocycles. The van der Waals surface area contributed by atoms with Gasteiger partial charge in [0, 0.05) is 5.02 Å². The first-order valence-electron chi connectivity index (χ1n) is 6.62. The monoisotopic (exact) mass is 390 g/mol. The Balaban J connectivity index is 1.96. The number of phenols is 1. The first-order valence-corrected chi connectivity index (χ1v) is 7.82. The van der Waals surface area contributed by atoms with Gasteiger partial charge in [0.2, 0.25) is 0 Å². The lowest BCUT2D eigenvalue weighted by Gasteiger charge is -2.05. The van der Waals surface area contributed by atoms with Gasteiger partial charge in [0.15, 0.2) is 10.9 Å². The molecule has 3 aromatic rings. The SMILES string of the molecule is O=C(Nc1nc2c(F)cc(C(F)(F)F)cc2s1)c1cc(Cl)ccc1O. The number of carbonyl (C=O) groups is 1. The molecule has 0 atom stereocenters. The second-order valence-corrected chi connectivity index (χ2v) is 6.40. The van der Waals surface area contributed by atoms with Gasteiger partial charge in [-0.2, -0.15) is 13.2 Å². The van der Waals surface area contributed by atoms with E-state index in [9.17, 15) is 27.5 Å². The number of nitrogens with one attached hydrogen (secondary N) is 1. The average molecular weight is 391 g/mol. The van der Waals surface area contributed by atoms with Crippen molar-refractivity contribution in [3.05, 3.63) is 52.3 Å². The largest absolute Gasteiger partial charge is 0.507 e. The van der Waals surface area contributed by atoms with Gasteiger partial charge in [-0.15, -0.1) is 0 Å². The molecule has 0 aliphatic carbocycles. The lowest BCUT2D eigenvalue weighted by atomic mass is 10.2. The van der Waals surface area contributed by atoms with E-state index >= 15 is 0 Å². The van der Waals surface area contributed by atoms with Gasteiger partial charge in [0.25, 0.3) is 5.91 Å². The molecular formula is C15H7ClF4N2O2S. The van der Waals surface area contributed by atoms with E-state index in [1.807, 2.05) is 0 Å². The number of hydrogen-bond acceptors (Lipinski definition) is 4. The Bertz CT molecular complexity index is 988. The molecule has 0 fully saturated rings. The van der Waals surface area contributed by atoms with E-state index < -0.39 is 23.5 Å². The predicted molar refractivity (Wildman–Crippen MR) is 85.6 cm³/mol. The fourth-order valence-electron chi connectivity index (χ4n) is 2.06. The number of rotatable bonds is 2. The number of halogens is 5. The maximum atomic E-state index is 13.8. The Labute approximate surface area is 146 Å². The number of alkyl halides is 3. The maximum absolute atomic E-state index is 13.8. The van der Waals surface area contributed by atoms with Crippen molar-refractivity contribution >= 4 is 44.2 Å². The van der Waals surface area contributed by atoms with Crippen LogP contribution < -0.4 is 5.32 Å². The molecule has 1 aromatic heterocycles. The summed E-state index contributed by atoms with van der Waals surface area (Å²) in [6.45, 7) is 0. The summed E-state index contributed by atoms with van der Waals surface area (Å²) in [6.07, 6.45) is -4.70. The summed E-state index contributed by atoms with van der Waals surface area (Å²) in [4.78, 5) is 15.9. The number of benzene rings is 2. The standard InChI is InChI=1S/C15H7ClF4N2O2S/c16-7-1-2-10(23)8(5-7)13(24)22-14-21-12-9(17)3-6(15(18,19)20)4-11(12)25-14/h1-5,23H,(H,21,22,24). The molecule has 2 N–H and O–H groups in total. The maximum Gasteiger partial charge on any atom is 0.416 e. The number of amides is 1. The average Bonchev–Trinajstić information content (AvgIpc) is 2.91. The zero-order valence-electron chi connectivity index (χ0n) is 12.0. The van der Waals surface area contributed by atoms with Crippen molar-refractivity contribution in [2.75, 3.05) is 5.32 Å². The summed E-state index contributed by atoms with van der Waals surface area (Å²) < 4.78 is 51.9. The highest BCUT2D eigenvalue weighted by Crippen LogP contribution is 2.36. The molecule has 0 saturated carbocycles. The minimum absolute atomic E-state index is 0.0714. The lowest BCUT2D eigenvalue weighted by molar-refractivity contribution is -0.137. The summed E-state index contributed by atoms with van der Waals surface area (Å²) in [5.41, 5.74) is -1.58. The number of carbonyl (C=O) groups excluding carboxylic acids is 1. The summed E-state index contributed by atoms with van der Waals surface area (Å²) in [7, 11) is 0. The van der Waals surface area contributed by atoms with Crippen LogP contribution in [0.2, 0.25) is 5.02 Å². The summed E-state index contributed by atoms with van der Waals surface area (Å²) in [6, 6.07) is 4.89. The van der Waals surface area contributed by atoms with Crippen LogP contribution in [0.3, 0.4) is 0 Å². The van der Waals surface area contributed by atoms with Gasteiger partial charge >= 0.3 is 6.18 Å². The van der Waals surface area contributed by atoms with E-state index in [1.165, 1.54) is 18.2 Å². The molecule has 0 unspecified atom stereocenters. The Hall–Kier alpha value is -2.39. The van der Waals surface area contributed by atoms with E-state index in [-0.39, 0.29) is 31.7 Å². The van der Waals surface area contributed by atoms with E-state index in [0.717, 1.165) is 6.07 Å². The predicted octanol–water partition coefficient (Wildman–Crippen LogP) is 5.07. The van der Waals surface area contributed by atoms with Gasteiger partial charge in [-0.1, -0.05) is 22.9 Å². The van der Waals surface area contributed by atoms with E-state index in [2.05, 4.69) is 10.3 Å². The molecule has 2 aromatic carbocycles. The zero-order valence-corrected chi connectivity index (χ0v) is 13.6. The highest BCUT2D eigenvalue weighted by atomic mass is 35.5. The van der Waals surface area contributed by atoms with Crippen LogP contribution in [0.25, 0.3) is 10.2 Å². The third kappa shape index (κ3) is 3.52. The molecule has 0 radical (unpaired) electrons. The summed E-state index contributed by atoms with van der Waals surface area (Å²) in [5, 5.41) is 12.1. The van der Waals surface area contributed by atoms with Crippen LogP contribution in [0.15, 0.2) is 30.3 Å². The minimum atomic E-state index is -4.70. The highest BCUT2D eigenvalue weighted by molar-refractivity contribution is 7.22. The molecule has 25 heavy (non-hydrogen) atoms. The molecule has 10 heteroatoms. The topological polar surface area (TPSA) is 62.2 Å². The zero-order chi connectivity index (χ0) is 18.4. The van der Waals surface area contributed by atoms with Crippen molar-refractivity contribution in [3.8, 4) is 5.75 Å². The molecule has 0 aliphatic heterocycles. The number of nitrogens with zero attached hydrogens (tertiary/aromatic N) is 1. The van der Waals surface area contributed by atoms with Crippen LogP contribution in [0, 0.1) is 5.82 Å². The van der Waals surface area contributed by atoms with Crippen LogP contribution in [0.5, 0.6) is 5.75 Å². The molecular weight excluding hydrogens is 384 g/mol. The van der Waals surface area contributed by atoms with Gasteiger partial charge in [-0.25, -0.2) is 9.37 Å². The normalized spacial score (nSPS) is 11.7. The molecule has 0 aliphatic rings. The number of fused-ring (bicyclic) bond motifs is 1. The van der Waals surface area contributed by atoms with Gasteiger partial charge in [-0.3, -0.25) is 10.1 Å². The van der Waals surface area contributed by atoms with Crippen LogP contribution in [-0.4, -0.2) is 16.0 Å². The van der Waals surface area contributed by atoms with E-state index in [4.69, 9.17) is 11.6 Å². The fraction of sp³-hybridized carbons (Fsp3) is 0.0667. The molecule has 130 valence electrons. The number of aromatic nitrogens is 1. The van der Waals surface area contributed by atoms with Gasteiger partial charge in [0.1, 0.15) is 11.3 Å². The number of phenolic OH excluding ortho intramolecular Hbond substituents is 1. The third-order valence-corrected chi connectivity index (χ3v) is 4.35. The van der Waals surface area contributed by atoms with Crippen molar-refractivity contribution in [1.29, 1.82) is 0 Å². The van der Waals surface area contributed by atoms with Crippen LogP contribution in [0.1, 0.15) is 15.9 Å². The van der Waals surface area contributed by atoms with E-state index in [1.54, 1.807) is 0 Å². The van der Waals surface area contributed by atoms with Crippen LogP contribution in [0.4, 0.5) is 22.7 Å². The van der Waals surface area contributed by atoms with Gasteiger partial charge in [0.05, 0.1) is 15.8 Å². The van der Waals surface area contributed by atoms with Gasteiger partial charge < -0.3 is 5.11 Å². The minimum Gasteiger partial charge on any atom is -0.507 e. The molecule has 1 amide bonds. The molecule has 0 bridgehead atoms. The van der Waals surface area contributed by atoms with Crippen molar-refractivity contribution < 1.29 is 27.5 Å².